The maximum Gasteiger partial charge on any atom is 0.0955 e. The topological polar surface area (TPSA) is 123 Å². The van der Waals surface area contributed by atoms with Gasteiger partial charge in [-0.25, -0.2) is 0 Å². The van der Waals surface area contributed by atoms with Gasteiger partial charge in [-0.1, -0.05) is 149 Å². The summed E-state index contributed by atoms with van der Waals surface area (Å²) in [5.41, 5.74) is 8.52. The zero-order valence-corrected chi connectivity index (χ0v) is 53.1. The zero-order chi connectivity index (χ0) is 60.5. The van der Waals surface area contributed by atoms with Crippen molar-refractivity contribution >= 4 is 17.1 Å². The van der Waals surface area contributed by atoms with Gasteiger partial charge in [0.2, 0.25) is 0 Å². The predicted octanol–water partition coefficient (Wildman–Crippen LogP) is 14.8. The second kappa shape index (κ2) is 25.4. The van der Waals surface area contributed by atoms with Gasteiger partial charge in [0.1, 0.15) is 0 Å². The van der Waals surface area contributed by atoms with Gasteiger partial charge in [0.15, 0.2) is 0 Å². The lowest BCUT2D eigenvalue weighted by molar-refractivity contribution is -0.226. The average molecular weight is 1170 g/mol. The molecule has 13 atom stereocenters. The van der Waals surface area contributed by atoms with E-state index in [1.807, 2.05) is 24.3 Å². The van der Waals surface area contributed by atoms with Crippen molar-refractivity contribution in [2.75, 3.05) is 13.2 Å². The van der Waals surface area contributed by atoms with Crippen molar-refractivity contribution in [2.24, 2.45) is 36.6 Å². The molecular formula is C74H94N4O8. The van der Waals surface area contributed by atoms with E-state index in [1.54, 1.807) is 0 Å². The summed E-state index contributed by atoms with van der Waals surface area (Å²) >= 11 is 0. The number of ether oxygens (including phenoxy) is 8. The molecule has 12 heteroatoms. The Morgan fingerprint density at radius 2 is 0.953 bits per heavy atom. The van der Waals surface area contributed by atoms with Crippen LogP contribution in [0.3, 0.4) is 0 Å². The molecule has 86 heavy (non-hydrogen) atoms. The van der Waals surface area contributed by atoms with E-state index in [4.69, 9.17) is 52.9 Å². The van der Waals surface area contributed by atoms with Gasteiger partial charge in [0, 0.05) is 82.3 Å². The molecule has 3 unspecified atom stereocenters. The van der Waals surface area contributed by atoms with Gasteiger partial charge < -0.3 is 43.2 Å². The van der Waals surface area contributed by atoms with Crippen molar-refractivity contribution in [3.05, 3.63) is 191 Å². The molecule has 3 saturated heterocycles. The lowest BCUT2D eigenvalue weighted by Crippen LogP contribution is -2.56. The fourth-order valence-corrected chi connectivity index (χ4v) is 13.6. The fourth-order valence-electron chi connectivity index (χ4n) is 13.6. The van der Waals surface area contributed by atoms with Gasteiger partial charge in [-0.15, -0.1) is 0 Å². The highest BCUT2D eigenvalue weighted by Gasteiger charge is 2.56. The highest BCUT2D eigenvalue weighted by atomic mass is 16.6. The van der Waals surface area contributed by atoms with E-state index in [2.05, 4.69) is 210 Å². The smallest absolute Gasteiger partial charge is 0.0955 e. The molecule has 8 bridgehead atoms. The highest BCUT2D eigenvalue weighted by Crippen LogP contribution is 2.52. The molecule has 11 rings (SSSR count). The Kier molecular flexibility index (Phi) is 18.3. The third-order valence-corrected chi connectivity index (χ3v) is 18.7. The molecule has 0 spiro atoms. The van der Waals surface area contributed by atoms with Crippen LogP contribution in [0.1, 0.15) is 144 Å². The predicted molar refractivity (Wildman–Crippen MR) is 342 cm³/mol. The molecule has 0 saturated carbocycles. The Hall–Kier alpha value is -5.67. The van der Waals surface area contributed by atoms with E-state index in [0.29, 0.717) is 78.2 Å². The van der Waals surface area contributed by atoms with Crippen molar-refractivity contribution in [3.63, 3.8) is 0 Å². The highest BCUT2D eigenvalue weighted by molar-refractivity contribution is 6.07. The number of fused-ring (bicyclic) bond motifs is 5. The van der Waals surface area contributed by atoms with E-state index < -0.39 is 21.7 Å². The van der Waals surface area contributed by atoms with E-state index in [1.165, 1.54) is 0 Å². The first-order chi connectivity index (χ1) is 41.0. The molecule has 3 fully saturated rings. The second-order valence-corrected chi connectivity index (χ2v) is 28.6. The maximum absolute atomic E-state index is 7.40. The van der Waals surface area contributed by atoms with Crippen LogP contribution in [0.4, 0.5) is 0 Å². The first kappa shape index (κ1) is 62.0. The minimum Gasteiger partial charge on any atom is -0.375 e. The summed E-state index contributed by atoms with van der Waals surface area (Å²) in [6.07, 6.45) is 11.1. The molecule has 12 nitrogen and oxygen atoms in total. The monoisotopic (exact) mass is 1170 g/mol. The standard InChI is InChI=1S/C74H94N4O8/c1-49-59(79-43-51-25-17-13-18-26-51)36-61(81-45-53-29-21-15-22-30-53)67(85-49)73(11)41-56-33-55-39-72(10,48-84-70(6,7)8)64(75-55)38-66-74(12,42-58(78-66)34-63-71(9,47-83-69(3,4)5)40-57(76-63)35-65(73)77-56)68-62(82-46-54-31-23-16-24-32-54)37-60(50(2)86-68)80-44-52-27-19-14-20-28-52/h13-35,38,49-50,59-62,65,67-68,75H,36-37,39-48H2,1-12H3/b55-33-,57-35-,58-34?,64-38?/t49-,50-,59-,60-,61-,62-,65?,67-,68-,71?,72?,73-,74-/m1/s1. The minimum atomic E-state index is -0.643. The van der Waals surface area contributed by atoms with Crippen molar-refractivity contribution < 1.29 is 37.9 Å². The summed E-state index contributed by atoms with van der Waals surface area (Å²) in [4.78, 5) is 17.2. The van der Waals surface area contributed by atoms with Gasteiger partial charge >= 0.3 is 0 Å². The Morgan fingerprint density at radius 3 is 1.45 bits per heavy atom. The first-order valence-electron chi connectivity index (χ1n) is 31.6. The van der Waals surface area contributed by atoms with E-state index in [0.717, 1.165) is 62.2 Å². The summed E-state index contributed by atoms with van der Waals surface area (Å²) in [7, 11) is 0. The van der Waals surface area contributed by atoms with Gasteiger partial charge in [-0.05, 0) is 108 Å². The number of rotatable bonds is 18. The van der Waals surface area contributed by atoms with Gasteiger partial charge in [-0.3, -0.25) is 15.0 Å². The van der Waals surface area contributed by atoms with Crippen molar-refractivity contribution in [1.29, 1.82) is 0 Å². The molecule has 4 aromatic rings. The van der Waals surface area contributed by atoms with Crippen LogP contribution in [0.5, 0.6) is 0 Å². The van der Waals surface area contributed by atoms with Gasteiger partial charge in [-0.2, -0.15) is 0 Å². The van der Waals surface area contributed by atoms with Gasteiger partial charge in [0.05, 0.1) is 117 Å². The number of allylic oxidation sites excluding steroid dienone is 6. The van der Waals surface area contributed by atoms with Crippen LogP contribution in [0, 0.1) is 21.7 Å². The third-order valence-electron chi connectivity index (χ3n) is 18.7. The van der Waals surface area contributed by atoms with E-state index >= 15 is 0 Å². The maximum atomic E-state index is 7.40. The molecule has 0 amide bonds. The molecule has 1 N–H and O–H groups in total. The first-order valence-corrected chi connectivity index (χ1v) is 31.6. The number of aliphatic imine (C=N–C) groups is 3. The molecule has 4 aromatic carbocycles. The van der Waals surface area contributed by atoms with Crippen LogP contribution in [0.2, 0.25) is 0 Å². The summed E-state index contributed by atoms with van der Waals surface area (Å²) < 4.78 is 56.0. The Bertz CT molecular complexity index is 3220. The van der Waals surface area contributed by atoms with Crippen molar-refractivity contribution in [3.8, 4) is 0 Å². The Labute approximate surface area is 512 Å². The lowest BCUT2D eigenvalue weighted by Gasteiger charge is -2.48. The minimum absolute atomic E-state index is 0.178. The van der Waals surface area contributed by atoms with Crippen molar-refractivity contribution in [1.82, 2.24) is 5.32 Å². The number of hydrogen-bond acceptors (Lipinski definition) is 12. The van der Waals surface area contributed by atoms with Crippen LogP contribution < -0.4 is 5.32 Å². The summed E-state index contributed by atoms with van der Waals surface area (Å²) in [6.45, 7) is 29.2. The summed E-state index contributed by atoms with van der Waals surface area (Å²) in [6, 6.07) is 41.3. The molecular weight excluding hydrogens is 1070 g/mol. The number of nitrogens with zero attached hydrogens (tertiary/aromatic N) is 3. The molecule has 7 aliphatic heterocycles. The number of benzene rings is 4. The molecule has 0 aliphatic carbocycles. The van der Waals surface area contributed by atoms with Crippen LogP contribution >= 0.6 is 0 Å². The fraction of sp³-hybridized carbons (Fsp3) is 0.527. The molecule has 0 aromatic heterocycles. The Morgan fingerprint density at radius 1 is 0.500 bits per heavy atom. The van der Waals surface area contributed by atoms with E-state index in [-0.39, 0.29) is 66.1 Å². The molecule has 7 aliphatic rings. The van der Waals surface area contributed by atoms with Gasteiger partial charge in [0.25, 0.3) is 0 Å². The molecule has 458 valence electrons. The normalized spacial score (nSPS) is 34.0. The van der Waals surface area contributed by atoms with Crippen LogP contribution in [-0.4, -0.2) is 96.4 Å². The van der Waals surface area contributed by atoms with Crippen molar-refractivity contribution in [2.45, 2.75) is 214 Å². The summed E-state index contributed by atoms with van der Waals surface area (Å²) in [5.74, 6) is 0. The largest absolute Gasteiger partial charge is 0.375 e. The third kappa shape index (κ3) is 14.4. The summed E-state index contributed by atoms with van der Waals surface area (Å²) in [5, 5.41) is 4.02. The zero-order valence-electron chi connectivity index (χ0n) is 53.1. The Balaban J connectivity index is 0.997. The lowest BCUT2D eigenvalue weighted by atomic mass is 9.71. The van der Waals surface area contributed by atoms with Crippen LogP contribution in [0.15, 0.2) is 183 Å². The van der Waals surface area contributed by atoms with E-state index in [9.17, 15) is 0 Å². The van der Waals surface area contributed by atoms with Crippen LogP contribution in [0.25, 0.3) is 0 Å². The SMILES string of the molecule is C[C@H]1O[C@@H]([C@]2(C)CC3=CC4=N/C(=C\C5N=C(/C=C6/CC(C)(COC(C)(C)C)C(=CC2=N3)N6)C[C@@]5(C)[C@@H]2O[C@H](C)[C@H](OCc3ccccc3)C[C@H]2OCc2ccccc2)CC4(C)COC(C)(C)C)[C@H](OCc2ccccc2)C[C@H]1OCc1ccccc1. The van der Waals surface area contributed by atoms with Crippen LogP contribution in [-0.2, 0) is 64.3 Å². The molecule has 0 radical (unpaired) electrons. The second-order valence-electron chi connectivity index (χ2n) is 28.6. The number of hydrogen-bond donors (Lipinski definition) is 1. The average Bonchev–Trinajstić information content (AvgIpc) is 1.61. The number of nitrogens with one attached hydrogen (secondary N) is 1. The molecule has 7 heterocycles. The quantitative estimate of drug-likeness (QED) is 0.104.